The van der Waals surface area contributed by atoms with Crippen LogP contribution in [0.4, 0.5) is 0 Å². The zero-order chi connectivity index (χ0) is 16.1. The van der Waals surface area contributed by atoms with E-state index in [-0.39, 0.29) is 5.56 Å². The maximum absolute atomic E-state index is 10.8. The van der Waals surface area contributed by atoms with Crippen molar-refractivity contribution in [2.45, 2.75) is 6.61 Å². The van der Waals surface area contributed by atoms with Gasteiger partial charge in [-0.3, -0.25) is 0 Å². The molecule has 0 aliphatic carbocycles. The van der Waals surface area contributed by atoms with Crippen LogP contribution in [0, 0.1) is 0 Å². The fraction of sp³-hybridized carbons (Fsp3) is 0.0588. The highest BCUT2D eigenvalue weighted by molar-refractivity contribution is 7.07. The largest absolute Gasteiger partial charge is 0.489 e. The fourth-order valence-corrected chi connectivity index (χ4v) is 2.49. The minimum Gasteiger partial charge on any atom is -0.489 e. The smallest absolute Gasteiger partial charge is 0.337 e. The number of thiophene rings is 1. The Morgan fingerprint density at radius 1 is 1.09 bits per heavy atom. The molecule has 0 radical (unpaired) electrons. The normalized spacial score (nSPS) is 10.3. The van der Waals surface area contributed by atoms with Gasteiger partial charge in [-0.2, -0.15) is 11.3 Å². The van der Waals surface area contributed by atoms with E-state index in [1.54, 1.807) is 23.5 Å². The molecule has 1 aromatic carbocycles. The molecule has 0 fully saturated rings. The van der Waals surface area contributed by atoms with E-state index in [0.29, 0.717) is 18.2 Å². The van der Waals surface area contributed by atoms with Crippen molar-refractivity contribution in [1.29, 1.82) is 0 Å². The number of ether oxygens (including phenoxy) is 2. The molecule has 0 spiro atoms. The molecule has 0 amide bonds. The van der Waals surface area contributed by atoms with Crippen LogP contribution in [0.25, 0.3) is 0 Å². The molecule has 0 aliphatic heterocycles. The summed E-state index contributed by atoms with van der Waals surface area (Å²) in [5, 5.41) is 12.9. The van der Waals surface area contributed by atoms with Gasteiger partial charge in [-0.15, -0.1) is 0 Å². The molecule has 0 saturated carbocycles. The molecule has 116 valence electrons. The first-order chi connectivity index (χ1) is 11.2. The summed E-state index contributed by atoms with van der Waals surface area (Å²) >= 11 is 1.64. The van der Waals surface area contributed by atoms with E-state index in [9.17, 15) is 4.79 Å². The average Bonchev–Trinajstić information content (AvgIpc) is 3.08. The van der Waals surface area contributed by atoms with Crippen molar-refractivity contribution in [3.05, 3.63) is 70.5 Å². The van der Waals surface area contributed by atoms with Crippen LogP contribution in [-0.2, 0) is 6.61 Å². The number of aromatic nitrogens is 1. The van der Waals surface area contributed by atoms with Crippen LogP contribution < -0.4 is 9.47 Å². The number of hydrogen-bond donors (Lipinski definition) is 1. The predicted molar refractivity (Wildman–Crippen MR) is 86.4 cm³/mol. The SMILES string of the molecule is O=C(O)c1ccc(Oc2ccc(OCc3ccsc3)cc2)nc1. The van der Waals surface area contributed by atoms with Gasteiger partial charge in [0, 0.05) is 12.3 Å². The predicted octanol–water partition coefficient (Wildman–Crippen LogP) is 4.21. The first kappa shape index (κ1) is 15.1. The summed E-state index contributed by atoms with van der Waals surface area (Å²) in [7, 11) is 0. The number of carboxylic acids is 1. The maximum Gasteiger partial charge on any atom is 0.337 e. The van der Waals surface area contributed by atoms with Crippen LogP contribution in [0.15, 0.2) is 59.4 Å². The molecule has 0 saturated heterocycles. The Kier molecular flexibility index (Phi) is 4.54. The lowest BCUT2D eigenvalue weighted by Gasteiger charge is -2.07. The van der Waals surface area contributed by atoms with Crippen molar-refractivity contribution < 1.29 is 19.4 Å². The summed E-state index contributed by atoms with van der Waals surface area (Å²) in [5.41, 5.74) is 1.26. The summed E-state index contributed by atoms with van der Waals surface area (Å²) in [6, 6.07) is 12.2. The van der Waals surface area contributed by atoms with Gasteiger partial charge < -0.3 is 14.6 Å². The summed E-state index contributed by atoms with van der Waals surface area (Å²) in [6.07, 6.45) is 1.26. The fourth-order valence-electron chi connectivity index (χ4n) is 1.83. The van der Waals surface area contributed by atoms with Gasteiger partial charge in [-0.1, -0.05) is 0 Å². The quantitative estimate of drug-likeness (QED) is 0.734. The van der Waals surface area contributed by atoms with Gasteiger partial charge in [0.1, 0.15) is 18.1 Å². The monoisotopic (exact) mass is 327 g/mol. The number of carbonyl (C=O) groups is 1. The van der Waals surface area contributed by atoms with Crippen molar-refractivity contribution in [2.24, 2.45) is 0 Å². The van der Waals surface area contributed by atoms with Crippen molar-refractivity contribution in [3.8, 4) is 17.4 Å². The third kappa shape index (κ3) is 4.08. The molecule has 5 nitrogen and oxygen atoms in total. The average molecular weight is 327 g/mol. The minimum absolute atomic E-state index is 0.120. The summed E-state index contributed by atoms with van der Waals surface area (Å²) < 4.78 is 11.2. The summed E-state index contributed by atoms with van der Waals surface area (Å²) in [6.45, 7) is 0.530. The Balaban J connectivity index is 1.59. The Morgan fingerprint density at radius 2 is 1.87 bits per heavy atom. The first-order valence-corrected chi connectivity index (χ1v) is 7.76. The number of pyridine rings is 1. The van der Waals surface area contributed by atoms with E-state index in [1.165, 1.54) is 18.3 Å². The zero-order valence-corrected chi connectivity index (χ0v) is 12.8. The van der Waals surface area contributed by atoms with Crippen LogP contribution >= 0.6 is 11.3 Å². The van der Waals surface area contributed by atoms with Crippen LogP contribution in [0.2, 0.25) is 0 Å². The molecule has 3 aromatic rings. The van der Waals surface area contributed by atoms with Crippen LogP contribution in [0.1, 0.15) is 15.9 Å². The third-order valence-corrected chi connectivity index (χ3v) is 3.75. The molecular weight excluding hydrogens is 314 g/mol. The minimum atomic E-state index is -1.02. The second-order valence-corrected chi connectivity index (χ2v) is 5.46. The van der Waals surface area contributed by atoms with E-state index < -0.39 is 5.97 Å². The first-order valence-electron chi connectivity index (χ1n) is 6.82. The summed E-state index contributed by atoms with van der Waals surface area (Å²) in [5.74, 6) is 0.666. The number of nitrogens with zero attached hydrogens (tertiary/aromatic N) is 1. The number of carboxylic acid groups (broad SMARTS) is 1. The van der Waals surface area contributed by atoms with Gasteiger partial charge in [0.25, 0.3) is 0 Å². The lowest BCUT2D eigenvalue weighted by atomic mass is 10.3. The van der Waals surface area contributed by atoms with Gasteiger partial charge in [-0.05, 0) is 52.7 Å². The molecule has 6 heteroatoms. The summed E-state index contributed by atoms with van der Waals surface area (Å²) in [4.78, 5) is 14.7. The van der Waals surface area contributed by atoms with Gasteiger partial charge in [-0.25, -0.2) is 9.78 Å². The van der Waals surface area contributed by atoms with Gasteiger partial charge in [0.2, 0.25) is 5.88 Å². The van der Waals surface area contributed by atoms with Crippen LogP contribution in [0.3, 0.4) is 0 Å². The van der Waals surface area contributed by atoms with Gasteiger partial charge in [0.15, 0.2) is 0 Å². The molecule has 0 aliphatic rings. The second-order valence-electron chi connectivity index (χ2n) is 4.68. The third-order valence-electron chi connectivity index (χ3n) is 3.02. The number of hydrogen-bond acceptors (Lipinski definition) is 5. The highest BCUT2D eigenvalue weighted by Crippen LogP contribution is 2.23. The van der Waals surface area contributed by atoms with E-state index in [4.69, 9.17) is 14.6 Å². The van der Waals surface area contributed by atoms with Gasteiger partial charge in [0.05, 0.1) is 5.56 Å². The van der Waals surface area contributed by atoms with Crippen molar-refractivity contribution in [1.82, 2.24) is 4.98 Å². The topological polar surface area (TPSA) is 68.7 Å². The molecule has 1 N–H and O–H groups in total. The number of benzene rings is 1. The second kappa shape index (κ2) is 6.93. The highest BCUT2D eigenvalue weighted by Gasteiger charge is 2.04. The molecule has 0 atom stereocenters. The molecule has 23 heavy (non-hydrogen) atoms. The Labute approximate surface area is 136 Å². The molecule has 0 bridgehead atoms. The van der Waals surface area contributed by atoms with E-state index in [2.05, 4.69) is 4.98 Å². The van der Waals surface area contributed by atoms with Crippen molar-refractivity contribution in [3.63, 3.8) is 0 Å². The molecule has 0 unspecified atom stereocenters. The zero-order valence-electron chi connectivity index (χ0n) is 12.0. The standard InChI is InChI=1S/C17H13NO4S/c19-17(20)13-1-6-16(18-9-13)22-15-4-2-14(3-5-15)21-10-12-7-8-23-11-12/h1-9,11H,10H2,(H,19,20). The lowest BCUT2D eigenvalue weighted by molar-refractivity contribution is 0.0696. The lowest BCUT2D eigenvalue weighted by Crippen LogP contribution is -1.97. The van der Waals surface area contributed by atoms with Crippen LogP contribution in [0.5, 0.6) is 17.4 Å². The van der Waals surface area contributed by atoms with E-state index in [1.807, 2.05) is 29.0 Å². The molecular formula is C17H13NO4S. The molecule has 3 rings (SSSR count). The van der Waals surface area contributed by atoms with Crippen LogP contribution in [-0.4, -0.2) is 16.1 Å². The maximum atomic E-state index is 10.8. The Bertz CT molecular complexity index is 767. The Hall–Kier alpha value is -2.86. The highest BCUT2D eigenvalue weighted by atomic mass is 32.1. The van der Waals surface area contributed by atoms with E-state index >= 15 is 0 Å². The van der Waals surface area contributed by atoms with Gasteiger partial charge >= 0.3 is 5.97 Å². The molecule has 2 heterocycles. The number of rotatable bonds is 6. The number of aromatic carboxylic acids is 1. The van der Waals surface area contributed by atoms with Crippen molar-refractivity contribution in [2.75, 3.05) is 0 Å². The molecule has 2 aromatic heterocycles. The van der Waals surface area contributed by atoms with Crippen molar-refractivity contribution >= 4 is 17.3 Å². The van der Waals surface area contributed by atoms with E-state index in [0.717, 1.165) is 11.3 Å². The Morgan fingerprint density at radius 3 is 2.48 bits per heavy atom.